The van der Waals surface area contributed by atoms with Crippen molar-refractivity contribution in [1.29, 1.82) is 0 Å². The third kappa shape index (κ3) is 5.81. The predicted molar refractivity (Wildman–Crippen MR) is 114 cm³/mol. The van der Waals surface area contributed by atoms with Crippen LogP contribution in [0.15, 0.2) is 48.5 Å². The summed E-state index contributed by atoms with van der Waals surface area (Å²) in [6, 6.07) is 12.6. The highest BCUT2D eigenvalue weighted by molar-refractivity contribution is 6.04. The quantitative estimate of drug-likeness (QED) is 0.563. The maximum atomic E-state index is 12.6. The van der Waals surface area contributed by atoms with Crippen molar-refractivity contribution in [3.63, 3.8) is 0 Å². The van der Waals surface area contributed by atoms with E-state index < -0.39 is 12.1 Å². The Morgan fingerprint density at radius 3 is 2.39 bits per heavy atom. The summed E-state index contributed by atoms with van der Waals surface area (Å²) in [5, 5.41) is 8.00. The fourth-order valence-electron chi connectivity index (χ4n) is 3.21. The fraction of sp³-hybridized carbons (Fsp3) is 0.273. The first-order chi connectivity index (χ1) is 14.9. The summed E-state index contributed by atoms with van der Waals surface area (Å²) in [5.74, 6) is -0.178. The highest BCUT2D eigenvalue weighted by Crippen LogP contribution is 2.19. The van der Waals surface area contributed by atoms with Crippen molar-refractivity contribution in [2.24, 2.45) is 0 Å². The number of carbonyl (C=O) groups excluding carboxylic acids is 4. The minimum atomic E-state index is -0.748. The number of methoxy groups -OCH3 is 1. The molecule has 1 aliphatic rings. The molecule has 1 fully saturated rings. The molecule has 1 aliphatic heterocycles. The molecule has 162 valence electrons. The lowest BCUT2D eigenvalue weighted by Gasteiger charge is -2.13. The van der Waals surface area contributed by atoms with E-state index in [1.54, 1.807) is 55.6 Å². The summed E-state index contributed by atoms with van der Waals surface area (Å²) in [4.78, 5) is 49.4. The minimum Gasteiger partial charge on any atom is -0.497 e. The molecule has 0 saturated carbocycles. The van der Waals surface area contributed by atoms with Crippen LogP contribution >= 0.6 is 0 Å². The molecule has 1 atom stereocenters. The molecule has 1 unspecified atom stereocenters. The van der Waals surface area contributed by atoms with Crippen LogP contribution in [-0.4, -0.2) is 41.8 Å². The van der Waals surface area contributed by atoms with E-state index in [1.165, 1.54) is 6.92 Å². The molecule has 3 N–H and O–H groups in total. The third-order valence-electron chi connectivity index (χ3n) is 4.73. The summed E-state index contributed by atoms with van der Waals surface area (Å²) < 4.78 is 5.10. The molecule has 2 aromatic carbocycles. The Kier molecular flexibility index (Phi) is 6.86. The van der Waals surface area contributed by atoms with Gasteiger partial charge in [0.25, 0.3) is 5.91 Å². The van der Waals surface area contributed by atoms with Crippen molar-refractivity contribution in [3.8, 4) is 5.75 Å². The number of hydrogen-bond donors (Lipinski definition) is 3. The number of carbonyl (C=O) groups is 4. The summed E-state index contributed by atoms with van der Waals surface area (Å²) in [6.07, 6.45) is 0.234. The van der Waals surface area contributed by atoms with Crippen LogP contribution in [0.3, 0.4) is 0 Å². The molecule has 3 rings (SSSR count). The number of benzene rings is 2. The summed E-state index contributed by atoms with van der Waals surface area (Å²) >= 11 is 0. The van der Waals surface area contributed by atoms with E-state index in [2.05, 4.69) is 16.0 Å². The van der Waals surface area contributed by atoms with Crippen molar-refractivity contribution in [2.75, 3.05) is 17.7 Å². The lowest BCUT2D eigenvalue weighted by Crippen LogP contribution is -2.31. The number of urea groups is 1. The van der Waals surface area contributed by atoms with E-state index in [1.807, 2.05) is 0 Å². The van der Waals surface area contributed by atoms with Gasteiger partial charge in [-0.1, -0.05) is 18.2 Å². The average molecular weight is 424 g/mol. The molecule has 2 aromatic rings. The van der Waals surface area contributed by atoms with Crippen LogP contribution in [0.4, 0.5) is 16.2 Å². The molecule has 0 bridgehead atoms. The predicted octanol–water partition coefficient (Wildman–Crippen LogP) is 2.49. The van der Waals surface area contributed by atoms with Gasteiger partial charge in [-0.25, -0.2) is 4.79 Å². The fourth-order valence-corrected chi connectivity index (χ4v) is 3.21. The number of nitrogens with one attached hydrogen (secondary N) is 3. The van der Waals surface area contributed by atoms with Gasteiger partial charge < -0.3 is 20.7 Å². The van der Waals surface area contributed by atoms with Crippen LogP contribution in [0.25, 0.3) is 0 Å². The zero-order valence-corrected chi connectivity index (χ0v) is 17.3. The molecule has 1 heterocycles. The molecular formula is C22H24N4O5. The van der Waals surface area contributed by atoms with E-state index in [4.69, 9.17) is 4.74 Å². The van der Waals surface area contributed by atoms with Gasteiger partial charge in [0.15, 0.2) is 0 Å². The van der Waals surface area contributed by atoms with Gasteiger partial charge in [-0.05, 0) is 42.3 Å². The number of hydrogen-bond acceptors (Lipinski definition) is 5. The lowest BCUT2D eigenvalue weighted by atomic mass is 10.1. The number of rotatable bonds is 8. The van der Waals surface area contributed by atoms with E-state index in [-0.39, 0.29) is 37.1 Å². The molecule has 0 spiro atoms. The molecule has 5 amide bonds. The van der Waals surface area contributed by atoms with Crippen molar-refractivity contribution in [2.45, 2.75) is 32.4 Å². The minimum absolute atomic E-state index is 0.0530. The first-order valence-electron chi connectivity index (χ1n) is 9.78. The molecular weight excluding hydrogens is 400 g/mol. The van der Waals surface area contributed by atoms with Crippen molar-refractivity contribution in [3.05, 3.63) is 54.1 Å². The van der Waals surface area contributed by atoms with Gasteiger partial charge in [0.05, 0.1) is 13.7 Å². The number of amides is 5. The number of anilines is 2. The molecule has 0 radical (unpaired) electrons. The van der Waals surface area contributed by atoms with Crippen LogP contribution in [0.5, 0.6) is 5.75 Å². The zero-order chi connectivity index (χ0) is 22.4. The molecule has 9 heteroatoms. The Hall–Kier alpha value is -3.88. The Labute approximate surface area is 179 Å². The lowest BCUT2D eigenvalue weighted by molar-refractivity contribution is -0.128. The maximum Gasteiger partial charge on any atom is 0.325 e. The smallest absolute Gasteiger partial charge is 0.325 e. The second kappa shape index (κ2) is 9.75. The molecule has 0 aliphatic carbocycles. The van der Waals surface area contributed by atoms with Crippen LogP contribution in [0.2, 0.25) is 0 Å². The van der Waals surface area contributed by atoms with Crippen molar-refractivity contribution in [1.82, 2.24) is 10.2 Å². The highest BCUT2D eigenvalue weighted by Gasteiger charge is 2.37. The van der Waals surface area contributed by atoms with E-state index in [0.29, 0.717) is 17.1 Å². The standard InChI is InChI=1S/C22H24N4O5/c1-14(27)23-16-4-3-5-17(12-16)24-20(28)11-10-19-21(29)26(22(30)25-19)13-15-6-8-18(31-2)9-7-15/h3-9,12,19H,10-11,13H2,1-2H3,(H,23,27)(H,24,28)(H,25,30). The summed E-state index contributed by atoms with van der Waals surface area (Å²) in [7, 11) is 1.56. The van der Waals surface area contributed by atoms with Gasteiger partial charge >= 0.3 is 6.03 Å². The number of nitrogens with zero attached hydrogens (tertiary/aromatic N) is 1. The van der Waals surface area contributed by atoms with Gasteiger partial charge in [0, 0.05) is 24.7 Å². The molecule has 1 saturated heterocycles. The van der Waals surface area contributed by atoms with Crippen molar-refractivity contribution < 1.29 is 23.9 Å². The monoisotopic (exact) mass is 424 g/mol. The zero-order valence-electron chi connectivity index (χ0n) is 17.3. The van der Waals surface area contributed by atoms with E-state index >= 15 is 0 Å². The molecule has 9 nitrogen and oxygen atoms in total. The first-order valence-corrected chi connectivity index (χ1v) is 9.78. The summed E-state index contributed by atoms with van der Waals surface area (Å²) in [5.41, 5.74) is 1.89. The Bertz CT molecular complexity index is 990. The number of imide groups is 1. The van der Waals surface area contributed by atoms with Gasteiger partial charge in [-0.15, -0.1) is 0 Å². The largest absolute Gasteiger partial charge is 0.497 e. The molecule has 31 heavy (non-hydrogen) atoms. The average Bonchev–Trinajstić information content (AvgIpc) is 3.00. The summed E-state index contributed by atoms with van der Waals surface area (Å²) in [6.45, 7) is 1.55. The van der Waals surface area contributed by atoms with Gasteiger partial charge in [0.2, 0.25) is 11.8 Å². The van der Waals surface area contributed by atoms with Gasteiger partial charge in [0.1, 0.15) is 11.8 Å². The maximum absolute atomic E-state index is 12.6. The van der Waals surface area contributed by atoms with Crippen LogP contribution < -0.4 is 20.7 Å². The Balaban J connectivity index is 1.52. The van der Waals surface area contributed by atoms with Crippen molar-refractivity contribution >= 4 is 35.1 Å². The Morgan fingerprint density at radius 1 is 1.06 bits per heavy atom. The van der Waals surface area contributed by atoms with Crippen LogP contribution in [0.1, 0.15) is 25.3 Å². The Morgan fingerprint density at radius 2 is 1.74 bits per heavy atom. The second-order valence-corrected chi connectivity index (χ2v) is 7.12. The first kappa shape index (κ1) is 21.8. The van der Waals surface area contributed by atoms with Gasteiger partial charge in [-0.2, -0.15) is 0 Å². The van der Waals surface area contributed by atoms with Crippen LogP contribution in [0, 0.1) is 0 Å². The van der Waals surface area contributed by atoms with E-state index in [9.17, 15) is 19.2 Å². The topological polar surface area (TPSA) is 117 Å². The third-order valence-corrected chi connectivity index (χ3v) is 4.73. The number of ether oxygens (including phenoxy) is 1. The normalized spacial score (nSPS) is 15.4. The SMILES string of the molecule is COc1ccc(CN2C(=O)NC(CCC(=O)Nc3cccc(NC(C)=O)c3)C2=O)cc1. The molecule has 0 aromatic heterocycles. The van der Waals surface area contributed by atoms with Crippen LogP contribution in [-0.2, 0) is 20.9 Å². The van der Waals surface area contributed by atoms with E-state index in [0.717, 1.165) is 10.5 Å². The highest BCUT2D eigenvalue weighted by atomic mass is 16.5. The second-order valence-electron chi connectivity index (χ2n) is 7.12. The van der Waals surface area contributed by atoms with Gasteiger partial charge in [-0.3, -0.25) is 19.3 Å².